The standard InChI is InChI=1S/C29H35N3O5S/c1-22(2)30-29(34)27(19-23-11-7-5-8-12-23)31(20-24-13-9-6-10-14-24)28(33)21-32(38(4,35)36)25-15-17-26(37-3)18-16-25/h5-18,22,27H,19-21H2,1-4H3,(H,30,34). The van der Waals surface area contributed by atoms with Gasteiger partial charge in [-0.3, -0.25) is 13.9 Å². The molecule has 1 unspecified atom stereocenters. The third-order valence-electron chi connectivity index (χ3n) is 5.94. The van der Waals surface area contributed by atoms with E-state index < -0.39 is 28.5 Å². The lowest BCUT2D eigenvalue weighted by molar-refractivity contribution is -0.140. The lowest BCUT2D eigenvalue weighted by Crippen LogP contribution is -2.54. The molecule has 1 N–H and O–H groups in total. The summed E-state index contributed by atoms with van der Waals surface area (Å²) in [6, 6.07) is 24.2. The summed E-state index contributed by atoms with van der Waals surface area (Å²) in [5.41, 5.74) is 2.04. The van der Waals surface area contributed by atoms with Gasteiger partial charge in [0, 0.05) is 19.0 Å². The Labute approximate surface area is 225 Å². The van der Waals surface area contributed by atoms with E-state index >= 15 is 0 Å². The summed E-state index contributed by atoms with van der Waals surface area (Å²) in [5.74, 6) is -0.231. The van der Waals surface area contributed by atoms with E-state index in [1.54, 1.807) is 24.3 Å². The van der Waals surface area contributed by atoms with E-state index in [1.807, 2.05) is 74.5 Å². The number of hydrogen-bond donors (Lipinski definition) is 1. The molecule has 202 valence electrons. The molecule has 0 aromatic heterocycles. The largest absolute Gasteiger partial charge is 0.497 e. The lowest BCUT2D eigenvalue weighted by Gasteiger charge is -2.34. The molecule has 9 heteroatoms. The maximum absolute atomic E-state index is 13.9. The molecule has 8 nitrogen and oxygen atoms in total. The number of carbonyl (C=O) groups excluding carboxylic acids is 2. The van der Waals surface area contributed by atoms with Crippen molar-refractivity contribution in [2.75, 3.05) is 24.2 Å². The van der Waals surface area contributed by atoms with Gasteiger partial charge in [-0.25, -0.2) is 8.42 Å². The van der Waals surface area contributed by atoms with E-state index in [9.17, 15) is 18.0 Å². The highest BCUT2D eigenvalue weighted by molar-refractivity contribution is 7.92. The molecule has 0 aliphatic heterocycles. The molecule has 0 radical (unpaired) electrons. The normalized spacial score (nSPS) is 12.0. The van der Waals surface area contributed by atoms with Crippen molar-refractivity contribution in [3.63, 3.8) is 0 Å². The van der Waals surface area contributed by atoms with Gasteiger partial charge in [0.2, 0.25) is 21.8 Å². The Hall–Kier alpha value is -3.85. The number of nitrogens with one attached hydrogen (secondary N) is 1. The Bertz CT molecular complexity index is 1300. The minimum Gasteiger partial charge on any atom is -0.497 e. The summed E-state index contributed by atoms with van der Waals surface area (Å²) >= 11 is 0. The molecule has 3 aromatic rings. The van der Waals surface area contributed by atoms with Crippen molar-refractivity contribution in [1.82, 2.24) is 10.2 Å². The van der Waals surface area contributed by atoms with Crippen LogP contribution in [-0.4, -0.2) is 57.1 Å². The number of nitrogens with zero attached hydrogens (tertiary/aromatic N) is 2. The van der Waals surface area contributed by atoms with Gasteiger partial charge in [0.1, 0.15) is 18.3 Å². The van der Waals surface area contributed by atoms with Crippen molar-refractivity contribution in [3.8, 4) is 5.75 Å². The van der Waals surface area contributed by atoms with Crippen LogP contribution in [-0.2, 0) is 32.6 Å². The zero-order chi connectivity index (χ0) is 27.7. The summed E-state index contributed by atoms with van der Waals surface area (Å²) in [5, 5.41) is 2.93. The first-order chi connectivity index (χ1) is 18.1. The number of hydrogen-bond acceptors (Lipinski definition) is 5. The first kappa shape index (κ1) is 28.7. The number of anilines is 1. The minimum absolute atomic E-state index is 0.138. The maximum atomic E-state index is 13.9. The Balaban J connectivity index is 2.02. The van der Waals surface area contributed by atoms with Crippen molar-refractivity contribution in [3.05, 3.63) is 96.1 Å². The first-order valence-corrected chi connectivity index (χ1v) is 14.2. The lowest BCUT2D eigenvalue weighted by atomic mass is 10.0. The molecule has 38 heavy (non-hydrogen) atoms. The van der Waals surface area contributed by atoms with E-state index in [4.69, 9.17) is 4.74 Å². The highest BCUT2D eigenvalue weighted by Gasteiger charge is 2.33. The van der Waals surface area contributed by atoms with Gasteiger partial charge in [0.15, 0.2) is 0 Å². The molecular weight excluding hydrogens is 502 g/mol. The molecule has 2 amide bonds. The summed E-state index contributed by atoms with van der Waals surface area (Å²) in [6.45, 7) is 3.40. The quantitative estimate of drug-likeness (QED) is 0.381. The SMILES string of the molecule is COc1ccc(N(CC(=O)N(Cc2ccccc2)C(Cc2ccccc2)C(=O)NC(C)C)S(C)(=O)=O)cc1. The average molecular weight is 538 g/mol. The van der Waals surface area contributed by atoms with E-state index in [1.165, 1.54) is 12.0 Å². The number of amides is 2. The molecule has 1 atom stereocenters. The second-order valence-corrected chi connectivity index (χ2v) is 11.3. The highest BCUT2D eigenvalue weighted by Crippen LogP contribution is 2.23. The molecule has 0 fully saturated rings. The number of rotatable bonds is 12. The summed E-state index contributed by atoms with van der Waals surface area (Å²) in [4.78, 5) is 28.9. The molecule has 0 aliphatic rings. The van der Waals surface area contributed by atoms with E-state index in [0.29, 0.717) is 11.4 Å². The molecule has 0 bridgehead atoms. The third-order valence-corrected chi connectivity index (χ3v) is 7.08. The van der Waals surface area contributed by atoms with Crippen molar-refractivity contribution in [2.24, 2.45) is 0 Å². The van der Waals surface area contributed by atoms with Crippen LogP contribution in [0, 0.1) is 0 Å². The van der Waals surface area contributed by atoms with Crippen molar-refractivity contribution in [1.29, 1.82) is 0 Å². The van der Waals surface area contributed by atoms with Crippen LogP contribution in [0.25, 0.3) is 0 Å². The van der Waals surface area contributed by atoms with Gasteiger partial charge in [-0.2, -0.15) is 0 Å². The number of sulfonamides is 1. The molecule has 3 aromatic carbocycles. The predicted octanol–water partition coefficient (Wildman–Crippen LogP) is 3.63. The molecule has 0 saturated carbocycles. The Morgan fingerprint density at radius 2 is 1.42 bits per heavy atom. The van der Waals surface area contributed by atoms with Crippen LogP contribution in [0.1, 0.15) is 25.0 Å². The second-order valence-electron chi connectivity index (χ2n) is 9.34. The zero-order valence-corrected chi connectivity index (χ0v) is 23.0. The van der Waals surface area contributed by atoms with Crippen LogP contribution in [0.3, 0.4) is 0 Å². The third kappa shape index (κ3) is 8.08. The molecule has 0 aliphatic carbocycles. The molecule has 0 saturated heterocycles. The molecule has 0 heterocycles. The van der Waals surface area contributed by atoms with Crippen LogP contribution in [0.15, 0.2) is 84.9 Å². The van der Waals surface area contributed by atoms with Gasteiger partial charge in [-0.05, 0) is 49.2 Å². The molecular formula is C29H35N3O5S. The van der Waals surface area contributed by atoms with E-state index in [2.05, 4.69) is 5.32 Å². The molecule has 0 spiro atoms. The fraction of sp³-hybridized carbons (Fsp3) is 0.310. The fourth-order valence-electron chi connectivity index (χ4n) is 4.08. The van der Waals surface area contributed by atoms with Crippen LogP contribution in [0.5, 0.6) is 5.75 Å². The van der Waals surface area contributed by atoms with Gasteiger partial charge < -0.3 is 15.0 Å². The molecule has 3 rings (SSSR count). The smallest absolute Gasteiger partial charge is 0.244 e. The Morgan fingerprint density at radius 1 is 0.868 bits per heavy atom. The fourth-order valence-corrected chi connectivity index (χ4v) is 4.93. The summed E-state index contributed by atoms with van der Waals surface area (Å²) in [6.07, 6.45) is 1.33. The minimum atomic E-state index is -3.82. The average Bonchev–Trinajstić information content (AvgIpc) is 2.89. The van der Waals surface area contributed by atoms with Crippen LogP contribution in [0.2, 0.25) is 0 Å². The zero-order valence-electron chi connectivity index (χ0n) is 22.2. The topological polar surface area (TPSA) is 96.0 Å². The van der Waals surface area contributed by atoms with Crippen LogP contribution >= 0.6 is 0 Å². The Morgan fingerprint density at radius 3 is 1.92 bits per heavy atom. The monoisotopic (exact) mass is 537 g/mol. The van der Waals surface area contributed by atoms with Gasteiger partial charge in [0.25, 0.3) is 0 Å². The predicted molar refractivity (Wildman–Crippen MR) is 149 cm³/mol. The summed E-state index contributed by atoms with van der Waals surface area (Å²) < 4.78 is 31.8. The number of methoxy groups -OCH3 is 1. The van der Waals surface area contributed by atoms with E-state index in [-0.39, 0.29) is 24.9 Å². The number of benzene rings is 3. The Kier molecular flexibility index (Phi) is 9.90. The highest BCUT2D eigenvalue weighted by atomic mass is 32.2. The maximum Gasteiger partial charge on any atom is 0.244 e. The summed E-state index contributed by atoms with van der Waals surface area (Å²) in [7, 11) is -2.30. The van der Waals surface area contributed by atoms with Crippen LogP contribution in [0.4, 0.5) is 5.69 Å². The first-order valence-electron chi connectivity index (χ1n) is 12.4. The van der Waals surface area contributed by atoms with Crippen molar-refractivity contribution in [2.45, 2.75) is 38.9 Å². The number of ether oxygens (including phenoxy) is 1. The van der Waals surface area contributed by atoms with Gasteiger partial charge in [0.05, 0.1) is 19.1 Å². The van der Waals surface area contributed by atoms with Crippen LogP contribution < -0.4 is 14.4 Å². The van der Waals surface area contributed by atoms with Crippen molar-refractivity contribution < 1.29 is 22.7 Å². The second kappa shape index (κ2) is 13.1. The van der Waals surface area contributed by atoms with Gasteiger partial charge >= 0.3 is 0 Å². The van der Waals surface area contributed by atoms with Crippen molar-refractivity contribution >= 4 is 27.5 Å². The van der Waals surface area contributed by atoms with Gasteiger partial charge in [-0.1, -0.05) is 60.7 Å². The van der Waals surface area contributed by atoms with Gasteiger partial charge in [-0.15, -0.1) is 0 Å². The van der Waals surface area contributed by atoms with E-state index in [0.717, 1.165) is 21.7 Å². The number of carbonyl (C=O) groups is 2.